The predicted octanol–water partition coefficient (Wildman–Crippen LogP) is 5.82. The Morgan fingerprint density at radius 3 is 2.24 bits per heavy atom. The average molecular weight is 828 g/mol. The number of benzene rings is 4. The van der Waals surface area contributed by atoms with Crippen LogP contribution in [0.1, 0.15) is 44.6 Å². The molecule has 1 aliphatic carbocycles. The van der Waals surface area contributed by atoms with E-state index >= 15 is 0 Å². The van der Waals surface area contributed by atoms with Gasteiger partial charge >= 0.3 is 301 Å². The van der Waals surface area contributed by atoms with Gasteiger partial charge < -0.3 is 0 Å². The van der Waals surface area contributed by atoms with Crippen molar-refractivity contribution in [3.05, 3.63) is 105 Å². The van der Waals surface area contributed by atoms with Crippen LogP contribution in [0.25, 0.3) is 37.4 Å². The molecule has 0 amide bonds. The minimum absolute atomic E-state index is 0.0193. The van der Waals surface area contributed by atoms with Gasteiger partial charge in [0.25, 0.3) is 0 Å². The van der Waals surface area contributed by atoms with Crippen LogP contribution in [0.5, 0.6) is 0 Å². The Kier molecular flexibility index (Phi) is 9.08. The first-order valence-corrected chi connectivity index (χ1v) is 22.6. The SMILES string of the molecule is CC1=C(C=C2[Se]c3ccc4ccccc4c3N2CCCS(=O)(=O)O)CC(C)(C)CC1=Cc1[se]c2ccc3ccccc3c2[n+]1CS(=O)(=O)O. The van der Waals surface area contributed by atoms with Crippen LogP contribution in [0.15, 0.2) is 100 Å². The third-order valence-corrected chi connectivity index (χ3v) is 15.2. The molecule has 4 aromatic carbocycles. The molecule has 5 aromatic rings. The topological polar surface area (TPSA) is 116 Å². The Hall–Kier alpha value is -3.05. The van der Waals surface area contributed by atoms with Crippen LogP contribution >= 0.6 is 0 Å². The van der Waals surface area contributed by atoms with Crippen molar-refractivity contribution in [2.75, 3.05) is 17.2 Å². The normalized spacial score (nSPS) is 18.4. The van der Waals surface area contributed by atoms with Crippen molar-refractivity contribution < 1.29 is 30.5 Å². The first-order chi connectivity index (χ1) is 23.2. The molecular weight excluding hydrogens is 790 g/mol. The van der Waals surface area contributed by atoms with Gasteiger partial charge in [-0.05, 0) is 0 Å². The number of aromatic nitrogens is 1. The molecule has 12 heteroatoms. The fourth-order valence-corrected chi connectivity index (χ4v) is 13.2. The van der Waals surface area contributed by atoms with Gasteiger partial charge in [-0.25, -0.2) is 0 Å². The van der Waals surface area contributed by atoms with Crippen molar-refractivity contribution in [3.8, 4) is 0 Å². The van der Waals surface area contributed by atoms with Gasteiger partial charge in [0.05, 0.1) is 0 Å². The van der Waals surface area contributed by atoms with E-state index in [1.54, 1.807) is 4.57 Å². The van der Waals surface area contributed by atoms with Crippen LogP contribution in [0, 0.1) is 5.41 Å². The molecule has 1 aliphatic heterocycles. The number of anilines is 1. The number of hydrogen-bond donors (Lipinski definition) is 2. The number of nitrogens with zero attached hydrogens (tertiary/aromatic N) is 2. The quantitative estimate of drug-likeness (QED) is 0.115. The molecule has 0 bridgehead atoms. The zero-order valence-electron chi connectivity index (χ0n) is 27.4. The maximum atomic E-state index is 12.3. The van der Waals surface area contributed by atoms with Crippen molar-refractivity contribution in [2.45, 2.75) is 45.9 Å². The second kappa shape index (κ2) is 12.9. The van der Waals surface area contributed by atoms with E-state index in [0.717, 1.165) is 70.2 Å². The van der Waals surface area contributed by atoms with Gasteiger partial charge in [-0.15, -0.1) is 0 Å². The van der Waals surface area contributed by atoms with Gasteiger partial charge in [0.15, 0.2) is 0 Å². The molecule has 2 heterocycles. The molecule has 2 N–H and O–H groups in total. The fraction of sp³-hybridized carbons (Fsp3) is 0.270. The van der Waals surface area contributed by atoms with Crippen molar-refractivity contribution in [3.63, 3.8) is 0 Å². The summed E-state index contributed by atoms with van der Waals surface area (Å²) in [6.45, 7) is 7.10. The van der Waals surface area contributed by atoms with Crippen molar-refractivity contribution in [1.82, 2.24) is 0 Å². The molecule has 49 heavy (non-hydrogen) atoms. The third-order valence-electron chi connectivity index (χ3n) is 9.20. The van der Waals surface area contributed by atoms with E-state index in [0.29, 0.717) is 13.0 Å². The van der Waals surface area contributed by atoms with E-state index in [2.05, 4.69) is 74.2 Å². The first kappa shape index (κ1) is 34.4. The molecule has 254 valence electrons. The molecule has 8 nitrogen and oxygen atoms in total. The maximum absolute atomic E-state index is 12.3. The zero-order valence-corrected chi connectivity index (χ0v) is 32.4. The number of hydrogen-bond acceptors (Lipinski definition) is 5. The summed E-state index contributed by atoms with van der Waals surface area (Å²) in [4.78, 5) is 2.25. The number of rotatable bonds is 8. The van der Waals surface area contributed by atoms with Gasteiger partial charge in [-0.3, -0.25) is 0 Å². The summed E-state index contributed by atoms with van der Waals surface area (Å²) in [5.74, 6) is -0.811. The van der Waals surface area contributed by atoms with Gasteiger partial charge in [-0.2, -0.15) is 0 Å². The Balaban J connectivity index is 1.36. The fourth-order valence-electron chi connectivity index (χ4n) is 7.06. The summed E-state index contributed by atoms with van der Waals surface area (Å²) in [7, 11) is -8.40. The second-order valence-electron chi connectivity index (χ2n) is 13.6. The van der Waals surface area contributed by atoms with Crippen LogP contribution in [-0.2, 0) is 26.1 Å². The molecule has 0 spiro atoms. The van der Waals surface area contributed by atoms with E-state index in [9.17, 15) is 25.9 Å². The third kappa shape index (κ3) is 7.25. The minimum atomic E-state index is -4.31. The summed E-state index contributed by atoms with van der Waals surface area (Å²) in [6, 6.07) is 24.6. The molecule has 0 fully saturated rings. The van der Waals surface area contributed by atoms with E-state index in [4.69, 9.17) is 0 Å². The van der Waals surface area contributed by atoms with Crippen LogP contribution in [0.4, 0.5) is 5.69 Å². The number of fused-ring (bicyclic) bond motifs is 6. The number of allylic oxidation sites excluding steroid dienone is 4. The van der Waals surface area contributed by atoms with Gasteiger partial charge in [0.1, 0.15) is 0 Å². The molecule has 7 rings (SSSR count). The summed E-state index contributed by atoms with van der Waals surface area (Å²) >= 11 is -0.187. The monoisotopic (exact) mass is 829 g/mol. The Labute approximate surface area is 299 Å². The van der Waals surface area contributed by atoms with E-state index in [1.165, 1.54) is 10.0 Å². The van der Waals surface area contributed by atoms with Gasteiger partial charge in [0.2, 0.25) is 0 Å². The summed E-state index contributed by atoms with van der Waals surface area (Å²) in [5.41, 5.74) is 5.38. The molecule has 1 aromatic heterocycles. The predicted molar refractivity (Wildman–Crippen MR) is 200 cm³/mol. The van der Waals surface area contributed by atoms with Crippen LogP contribution in [0.2, 0.25) is 0 Å². The molecule has 2 aliphatic rings. The van der Waals surface area contributed by atoms with Crippen molar-refractivity contribution >= 4 is 97.2 Å². The van der Waals surface area contributed by atoms with Gasteiger partial charge in [-0.1, -0.05) is 0 Å². The van der Waals surface area contributed by atoms with E-state index < -0.39 is 26.1 Å². The van der Waals surface area contributed by atoms with Crippen LogP contribution in [-0.4, -0.2) is 67.7 Å². The molecule has 0 atom stereocenters. The Morgan fingerprint density at radius 1 is 0.857 bits per heavy atom. The molecule has 0 radical (unpaired) electrons. The summed E-state index contributed by atoms with van der Waals surface area (Å²) in [6.07, 6.45) is 6.40. The standard InChI is InChI=1S/C37H36N2O6S2Se2/c1-24-27(19-33-38(17-8-18-46(40,41)42)35-29-11-6-4-9-25(29)13-15-31(35)48-33)21-37(2,3)22-28(24)20-34-39(23-47(43,44)45)36-30-12-7-5-10-26(30)14-16-32(36)49-34/h4-7,9-16,19-20H,8,17-18,21-23H2,1-3H3,(H-,40,41,42,43,44,45)/p+1. The molecule has 0 unspecified atom stereocenters. The second-order valence-corrected chi connectivity index (χ2v) is 21.0. The summed E-state index contributed by atoms with van der Waals surface area (Å²) < 4.78 is 73.7. The van der Waals surface area contributed by atoms with E-state index in [1.807, 2.05) is 36.4 Å². The van der Waals surface area contributed by atoms with Crippen molar-refractivity contribution in [2.24, 2.45) is 5.41 Å². The average Bonchev–Trinajstić information content (AvgIpc) is 3.55. The Morgan fingerprint density at radius 2 is 1.53 bits per heavy atom. The van der Waals surface area contributed by atoms with Gasteiger partial charge in [0, 0.05) is 0 Å². The summed E-state index contributed by atoms with van der Waals surface area (Å²) in [5, 5.41) is 4.23. The Bertz CT molecular complexity index is 2480. The molecule has 0 saturated carbocycles. The van der Waals surface area contributed by atoms with Crippen LogP contribution < -0.4 is 13.9 Å². The van der Waals surface area contributed by atoms with E-state index in [-0.39, 0.29) is 40.6 Å². The molecule has 0 saturated heterocycles. The first-order valence-electron chi connectivity index (χ1n) is 16.0. The van der Waals surface area contributed by atoms with Crippen molar-refractivity contribution in [1.29, 1.82) is 0 Å². The molecular formula is C37H37N2O6S2Se2+. The van der Waals surface area contributed by atoms with Crippen LogP contribution in [0.3, 0.4) is 0 Å². The zero-order chi connectivity index (χ0) is 34.7.